The third-order valence-corrected chi connectivity index (χ3v) is 8.81. The Morgan fingerprint density at radius 3 is 2.75 bits per heavy atom. The highest BCUT2D eigenvalue weighted by atomic mass is 35.5. The van der Waals surface area contributed by atoms with Gasteiger partial charge in [-0.1, -0.05) is 53.3 Å². The van der Waals surface area contributed by atoms with E-state index in [1.807, 2.05) is 55.5 Å². The summed E-state index contributed by atoms with van der Waals surface area (Å²) in [5.74, 6) is 0.793. The molecule has 0 radical (unpaired) electrons. The van der Waals surface area contributed by atoms with Crippen molar-refractivity contribution in [2.45, 2.75) is 24.1 Å². The van der Waals surface area contributed by atoms with Gasteiger partial charge in [0.2, 0.25) is 0 Å². The number of furan rings is 1. The summed E-state index contributed by atoms with van der Waals surface area (Å²) in [4.78, 5) is 32.0. The Hall–Kier alpha value is -3.62. The number of para-hydroxylation sites is 1. The molecule has 0 amide bonds. The van der Waals surface area contributed by atoms with Gasteiger partial charge in [0.1, 0.15) is 34.8 Å². The predicted octanol–water partition coefficient (Wildman–Crippen LogP) is 3.57. The lowest BCUT2D eigenvalue weighted by atomic mass is 9.97. The summed E-state index contributed by atoms with van der Waals surface area (Å²) in [7, 11) is 1.36. The second-order valence-electron chi connectivity index (χ2n) is 9.30. The van der Waals surface area contributed by atoms with Crippen LogP contribution in [0.3, 0.4) is 0 Å². The van der Waals surface area contributed by atoms with Crippen molar-refractivity contribution in [3.8, 4) is 17.1 Å². The van der Waals surface area contributed by atoms with Crippen LogP contribution in [0.25, 0.3) is 17.4 Å². The molecule has 0 bridgehead atoms. The smallest absolute Gasteiger partial charge is 0.315 e. The largest absolute Gasteiger partial charge is 0.481 e. The number of halogens is 1. The van der Waals surface area contributed by atoms with Crippen LogP contribution in [0.4, 0.5) is 0 Å². The summed E-state index contributed by atoms with van der Waals surface area (Å²) in [6.07, 6.45) is 1.72. The van der Waals surface area contributed by atoms with Crippen LogP contribution in [0.2, 0.25) is 5.02 Å². The first-order valence-electron chi connectivity index (χ1n) is 11.4. The van der Waals surface area contributed by atoms with Gasteiger partial charge in [-0.3, -0.25) is 14.2 Å². The zero-order chi connectivity index (χ0) is 24.8. The van der Waals surface area contributed by atoms with Gasteiger partial charge in [-0.05, 0) is 37.3 Å². The van der Waals surface area contributed by atoms with Gasteiger partial charge < -0.3 is 13.9 Å². The molecule has 2 aromatic heterocycles. The Morgan fingerprint density at radius 2 is 1.94 bits per heavy atom. The summed E-state index contributed by atoms with van der Waals surface area (Å²) in [6, 6.07) is 18.1. The molecule has 36 heavy (non-hydrogen) atoms. The number of carbonyl (C=O) groups excluding carboxylic acids is 1. The van der Waals surface area contributed by atoms with E-state index in [9.17, 15) is 9.59 Å². The maximum Gasteiger partial charge on any atom is 0.315 e. The molecule has 0 saturated heterocycles. The number of rotatable bonds is 3. The SMILES string of the molecule is COC(=O)[C@@H]1[C@@]23Oc4ccccc4[C@H]2n2c(s/c(=C\c4ccc(-c5ccccc5Cl)o4)c2=O)=N[C@@]13C. The normalized spacial score (nSPS) is 27.2. The average Bonchev–Trinajstić information content (AvgIpc) is 3.27. The number of hydrogen-bond acceptors (Lipinski definition) is 7. The van der Waals surface area contributed by atoms with Gasteiger partial charge in [0.15, 0.2) is 10.4 Å². The van der Waals surface area contributed by atoms with E-state index in [0.717, 1.165) is 11.1 Å². The minimum atomic E-state index is -0.999. The molecular weight excluding hydrogens is 500 g/mol. The van der Waals surface area contributed by atoms with Gasteiger partial charge in [0, 0.05) is 17.2 Å². The van der Waals surface area contributed by atoms with Crippen LogP contribution in [0.1, 0.15) is 24.3 Å². The molecule has 2 aliphatic heterocycles. The van der Waals surface area contributed by atoms with Gasteiger partial charge in [-0.15, -0.1) is 0 Å². The molecule has 1 fully saturated rings. The van der Waals surface area contributed by atoms with Crippen LogP contribution >= 0.6 is 22.9 Å². The number of methoxy groups -OCH3 is 1. The monoisotopic (exact) mass is 518 g/mol. The first kappa shape index (κ1) is 21.6. The van der Waals surface area contributed by atoms with Crippen molar-refractivity contribution in [3.05, 3.63) is 96.7 Å². The molecule has 1 saturated carbocycles. The molecule has 0 N–H and O–H groups in total. The van der Waals surface area contributed by atoms with E-state index < -0.39 is 29.1 Å². The molecule has 7 nitrogen and oxygen atoms in total. The Bertz CT molecular complexity index is 1770. The van der Waals surface area contributed by atoms with Gasteiger partial charge in [0.05, 0.1) is 16.7 Å². The Morgan fingerprint density at radius 1 is 1.17 bits per heavy atom. The van der Waals surface area contributed by atoms with Crippen LogP contribution in [-0.2, 0) is 9.53 Å². The standard InChI is InChI=1S/C27H19ClN2O5S/c1-26-21(24(32)33-2)27(26)22(16-8-4-6-10-19(16)35-27)30-23(31)20(36-25(30)29-26)13-14-11-12-18(34-14)15-7-3-5-9-17(15)28/h3-13,21-22H,1-2H3/b20-13-/t21-,22+,26-,27+/m0/s1. The molecule has 1 spiro atoms. The van der Waals surface area contributed by atoms with Gasteiger partial charge in [0.25, 0.3) is 5.56 Å². The van der Waals surface area contributed by atoms with Gasteiger partial charge in [-0.2, -0.15) is 0 Å². The van der Waals surface area contributed by atoms with Crippen LogP contribution < -0.4 is 19.6 Å². The van der Waals surface area contributed by atoms with Crippen molar-refractivity contribution in [2.24, 2.45) is 10.9 Å². The van der Waals surface area contributed by atoms with Crippen molar-refractivity contribution >= 4 is 35.0 Å². The quantitative estimate of drug-likeness (QED) is 0.387. The fraction of sp³-hybridized carbons (Fsp3) is 0.222. The van der Waals surface area contributed by atoms with Crippen LogP contribution in [-0.4, -0.2) is 28.8 Å². The molecule has 4 heterocycles. The van der Waals surface area contributed by atoms with Crippen LogP contribution in [0.5, 0.6) is 5.75 Å². The maximum atomic E-state index is 13.8. The lowest BCUT2D eigenvalue weighted by Gasteiger charge is -2.26. The fourth-order valence-corrected chi connectivity index (χ4v) is 7.13. The molecule has 4 atom stereocenters. The maximum absolute atomic E-state index is 13.8. The van der Waals surface area contributed by atoms with E-state index in [-0.39, 0.29) is 5.56 Å². The average molecular weight is 519 g/mol. The summed E-state index contributed by atoms with van der Waals surface area (Å²) >= 11 is 7.58. The van der Waals surface area contributed by atoms with Crippen molar-refractivity contribution in [1.82, 2.24) is 4.57 Å². The number of nitrogens with zero attached hydrogens (tertiary/aromatic N) is 2. The van der Waals surface area contributed by atoms with E-state index in [2.05, 4.69) is 0 Å². The van der Waals surface area contributed by atoms with E-state index >= 15 is 0 Å². The second-order valence-corrected chi connectivity index (χ2v) is 10.7. The summed E-state index contributed by atoms with van der Waals surface area (Å²) in [5.41, 5.74) is -0.422. The number of thiazole rings is 1. The van der Waals surface area contributed by atoms with E-state index in [0.29, 0.717) is 31.6 Å². The molecule has 9 heteroatoms. The third kappa shape index (κ3) is 2.60. The molecule has 1 aliphatic carbocycles. The van der Waals surface area contributed by atoms with E-state index in [1.165, 1.54) is 18.4 Å². The van der Waals surface area contributed by atoms with Crippen LogP contribution in [0.15, 0.2) is 74.9 Å². The number of hydrogen-bond donors (Lipinski definition) is 0. The molecular formula is C27H19ClN2O5S. The molecule has 7 rings (SSSR count). The first-order chi connectivity index (χ1) is 17.4. The Labute approximate surface area is 213 Å². The van der Waals surface area contributed by atoms with Crippen LogP contribution in [0, 0.1) is 5.92 Å². The van der Waals surface area contributed by atoms with Crippen molar-refractivity contribution in [3.63, 3.8) is 0 Å². The van der Waals surface area contributed by atoms with Crippen molar-refractivity contribution in [2.75, 3.05) is 7.11 Å². The molecule has 4 aromatic rings. The minimum absolute atomic E-state index is 0.211. The molecule has 2 aromatic carbocycles. The number of ether oxygens (including phenoxy) is 2. The number of fused-ring (bicyclic) bond motifs is 4. The highest BCUT2D eigenvalue weighted by molar-refractivity contribution is 7.07. The van der Waals surface area contributed by atoms with Gasteiger partial charge in [-0.25, -0.2) is 4.99 Å². The van der Waals surface area contributed by atoms with E-state index in [1.54, 1.807) is 22.8 Å². The molecule has 0 unspecified atom stereocenters. The number of esters is 1. The minimum Gasteiger partial charge on any atom is -0.481 e. The lowest BCUT2D eigenvalue weighted by molar-refractivity contribution is -0.144. The zero-order valence-corrected chi connectivity index (χ0v) is 20.8. The number of aromatic nitrogens is 1. The molecule has 180 valence electrons. The number of carbonyl (C=O) groups is 1. The van der Waals surface area contributed by atoms with Crippen molar-refractivity contribution < 1.29 is 18.7 Å². The summed E-state index contributed by atoms with van der Waals surface area (Å²) in [6.45, 7) is 1.90. The lowest BCUT2D eigenvalue weighted by Crippen LogP contribution is -2.47. The Kier molecular flexibility index (Phi) is 4.34. The first-order valence-corrected chi connectivity index (χ1v) is 12.6. The molecule has 3 aliphatic rings. The second kappa shape index (κ2) is 7.21. The summed E-state index contributed by atoms with van der Waals surface area (Å²) < 4.78 is 19.7. The van der Waals surface area contributed by atoms with Gasteiger partial charge >= 0.3 is 5.97 Å². The fourth-order valence-electron chi connectivity index (χ4n) is 5.83. The third-order valence-electron chi connectivity index (χ3n) is 7.50. The topological polar surface area (TPSA) is 83.0 Å². The van der Waals surface area contributed by atoms with E-state index in [4.69, 9.17) is 30.5 Å². The van der Waals surface area contributed by atoms with Crippen molar-refractivity contribution in [1.29, 1.82) is 0 Å². The number of benzene rings is 2. The zero-order valence-electron chi connectivity index (χ0n) is 19.2. The predicted molar refractivity (Wildman–Crippen MR) is 134 cm³/mol. The Balaban J connectivity index is 1.40. The summed E-state index contributed by atoms with van der Waals surface area (Å²) in [5, 5.41) is 0.585. The highest BCUT2D eigenvalue weighted by Gasteiger charge is 2.88. The highest BCUT2D eigenvalue weighted by Crippen LogP contribution is 2.70.